The standard InChI is InChI=1S/C21H16ClN3O2/c1-12-5-6-15(17(22)8-12)13-9-16(21(26)27)20-18(10-13)24-25-19(20)11-14-4-2-3-7-23-14/h2-10H,11H2,1H3,(H,24,25)(H,26,27). The van der Waals surface area contributed by atoms with E-state index >= 15 is 0 Å². The number of nitrogens with zero attached hydrogens (tertiary/aromatic N) is 2. The largest absolute Gasteiger partial charge is 0.478 e. The van der Waals surface area contributed by atoms with E-state index in [1.807, 2.05) is 49.4 Å². The number of halogens is 1. The highest BCUT2D eigenvalue weighted by Crippen LogP contribution is 2.33. The zero-order valence-corrected chi connectivity index (χ0v) is 15.3. The van der Waals surface area contributed by atoms with E-state index in [4.69, 9.17) is 11.6 Å². The van der Waals surface area contributed by atoms with Gasteiger partial charge in [-0.2, -0.15) is 5.10 Å². The quantitative estimate of drug-likeness (QED) is 0.531. The molecule has 4 aromatic rings. The number of pyridine rings is 1. The van der Waals surface area contributed by atoms with Gasteiger partial charge in [0.05, 0.1) is 11.1 Å². The number of carbonyl (C=O) groups is 1. The molecule has 0 saturated carbocycles. The maximum absolute atomic E-state index is 11.9. The Morgan fingerprint density at radius 1 is 1.19 bits per heavy atom. The van der Waals surface area contributed by atoms with Crippen LogP contribution in [0.15, 0.2) is 54.7 Å². The number of H-pyrrole nitrogens is 1. The molecular weight excluding hydrogens is 362 g/mol. The topological polar surface area (TPSA) is 78.9 Å². The van der Waals surface area contributed by atoms with Gasteiger partial charge >= 0.3 is 5.97 Å². The first-order valence-corrected chi connectivity index (χ1v) is 8.81. The lowest BCUT2D eigenvalue weighted by Gasteiger charge is -2.08. The lowest BCUT2D eigenvalue weighted by Crippen LogP contribution is -2.00. The number of fused-ring (bicyclic) bond motifs is 1. The van der Waals surface area contributed by atoms with Crippen molar-refractivity contribution in [2.24, 2.45) is 0 Å². The fourth-order valence-electron chi connectivity index (χ4n) is 3.21. The van der Waals surface area contributed by atoms with E-state index < -0.39 is 5.97 Å². The van der Waals surface area contributed by atoms with E-state index in [1.54, 1.807) is 12.3 Å². The van der Waals surface area contributed by atoms with E-state index in [0.717, 1.165) is 28.1 Å². The molecule has 5 nitrogen and oxygen atoms in total. The van der Waals surface area contributed by atoms with Crippen LogP contribution in [0.1, 0.15) is 27.3 Å². The predicted octanol–water partition coefficient (Wildman–Crippen LogP) is 4.88. The third-order valence-corrected chi connectivity index (χ3v) is 4.79. The normalized spacial score (nSPS) is 11.0. The molecule has 0 atom stereocenters. The number of hydrogen-bond acceptors (Lipinski definition) is 3. The minimum Gasteiger partial charge on any atom is -0.478 e. The van der Waals surface area contributed by atoms with Crippen molar-refractivity contribution in [3.8, 4) is 11.1 Å². The summed E-state index contributed by atoms with van der Waals surface area (Å²) in [4.78, 5) is 16.3. The molecule has 27 heavy (non-hydrogen) atoms. The molecule has 2 heterocycles. The average Bonchev–Trinajstić information content (AvgIpc) is 3.04. The predicted molar refractivity (Wildman–Crippen MR) is 105 cm³/mol. The van der Waals surface area contributed by atoms with Crippen molar-refractivity contribution in [2.45, 2.75) is 13.3 Å². The second-order valence-corrected chi connectivity index (χ2v) is 6.81. The van der Waals surface area contributed by atoms with E-state index in [-0.39, 0.29) is 5.56 Å². The molecule has 4 rings (SSSR count). The second-order valence-electron chi connectivity index (χ2n) is 6.41. The van der Waals surface area contributed by atoms with Gasteiger partial charge in [-0.15, -0.1) is 0 Å². The molecule has 2 N–H and O–H groups in total. The lowest BCUT2D eigenvalue weighted by molar-refractivity contribution is 0.0699. The van der Waals surface area contributed by atoms with Crippen LogP contribution in [0.5, 0.6) is 0 Å². The summed E-state index contributed by atoms with van der Waals surface area (Å²) in [5.41, 5.74) is 4.89. The summed E-state index contributed by atoms with van der Waals surface area (Å²) in [6.45, 7) is 1.96. The summed E-state index contributed by atoms with van der Waals surface area (Å²) >= 11 is 6.38. The summed E-state index contributed by atoms with van der Waals surface area (Å²) in [7, 11) is 0. The van der Waals surface area contributed by atoms with Gasteiger partial charge in [0.15, 0.2) is 0 Å². The molecule has 0 spiro atoms. The van der Waals surface area contributed by atoms with Gasteiger partial charge in [0, 0.05) is 40.0 Å². The molecule has 0 aliphatic rings. The summed E-state index contributed by atoms with van der Waals surface area (Å²) in [5, 5.41) is 18.3. The van der Waals surface area contributed by atoms with Crippen LogP contribution in [0.2, 0.25) is 5.02 Å². The van der Waals surface area contributed by atoms with Crippen LogP contribution in [0.4, 0.5) is 0 Å². The second kappa shape index (κ2) is 6.85. The van der Waals surface area contributed by atoms with Crippen LogP contribution in [0, 0.1) is 6.92 Å². The van der Waals surface area contributed by atoms with Crippen molar-refractivity contribution >= 4 is 28.5 Å². The Labute approximate surface area is 160 Å². The van der Waals surface area contributed by atoms with Gasteiger partial charge in [-0.3, -0.25) is 10.1 Å². The number of aromatic carboxylic acids is 1. The van der Waals surface area contributed by atoms with E-state index in [1.165, 1.54) is 0 Å². The molecule has 6 heteroatoms. The summed E-state index contributed by atoms with van der Waals surface area (Å²) in [6.07, 6.45) is 2.19. The maximum atomic E-state index is 11.9. The number of carboxylic acids is 1. The molecule has 0 amide bonds. The fraction of sp³-hybridized carbons (Fsp3) is 0.0952. The summed E-state index contributed by atoms with van der Waals surface area (Å²) in [6, 6.07) is 14.8. The number of benzene rings is 2. The van der Waals surface area contributed by atoms with Crippen molar-refractivity contribution in [1.82, 2.24) is 15.2 Å². The van der Waals surface area contributed by atoms with Crippen molar-refractivity contribution in [1.29, 1.82) is 0 Å². The molecule has 0 aliphatic heterocycles. The van der Waals surface area contributed by atoms with Crippen LogP contribution < -0.4 is 0 Å². The summed E-state index contributed by atoms with van der Waals surface area (Å²) < 4.78 is 0. The third kappa shape index (κ3) is 3.29. The number of hydrogen-bond donors (Lipinski definition) is 2. The van der Waals surface area contributed by atoms with Crippen LogP contribution >= 0.6 is 11.6 Å². The highest BCUT2D eigenvalue weighted by atomic mass is 35.5. The Morgan fingerprint density at radius 3 is 2.74 bits per heavy atom. The molecule has 0 aliphatic carbocycles. The van der Waals surface area contributed by atoms with Crippen molar-refractivity contribution in [2.75, 3.05) is 0 Å². The van der Waals surface area contributed by atoms with Gasteiger partial charge < -0.3 is 5.11 Å². The maximum Gasteiger partial charge on any atom is 0.336 e. The van der Waals surface area contributed by atoms with Crippen LogP contribution in [-0.2, 0) is 6.42 Å². The highest BCUT2D eigenvalue weighted by Gasteiger charge is 2.18. The van der Waals surface area contributed by atoms with Crippen LogP contribution in [0.3, 0.4) is 0 Å². The number of nitrogens with one attached hydrogen (secondary N) is 1. The Balaban J connectivity index is 1.88. The monoisotopic (exact) mass is 377 g/mol. The van der Waals surface area contributed by atoms with E-state index in [9.17, 15) is 9.90 Å². The minimum atomic E-state index is -1.01. The zero-order chi connectivity index (χ0) is 19.0. The van der Waals surface area contributed by atoms with E-state index in [2.05, 4.69) is 15.2 Å². The number of aryl methyl sites for hydroxylation is 1. The van der Waals surface area contributed by atoms with Gasteiger partial charge in [0.25, 0.3) is 0 Å². The average molecular weight is 378 g/mol. The molecule has 2 aromatic heterocycles. The highest BCUT2D eigenvalue weighted by molar-refractivity contribution is 6.33. The summed E-state index contributed by atoms with van der Waals surface area (Å²) in [5.74, 6) is -1.01. The minimum absolute atomic E-state index is 0.193. The molecular formula is C21H16ClN3O2. The number of aromatic nitrogens is 3. The third-order valence-electron chi connectivity index (χ3n) is 4.48. The van der Waals surface area contributed by atoms with Gasteiger partial charge in [0.1, 0.15) is 0 Å². The Hall–Kier alpha value is -3.18. The molecule has 2 aromatic carbocycles. The zero-order valence-electron chi connectivity index (χ0n) is 14.5. The first-order valence-electron chi connectivity index (χ1n) is 8.43. The van der Waals surface area contributed by atoms with Crippen LogP contribution in [0.25, 0.3) is 22.0 Å². The van der Waals surface area contributed by atoms with Crippen LogP contribution in [-0.4, -0.2) is 26.3 Å². The Kier molecular flexibility index (Phi) is 4.38. The Bertz CT molecular complexity index is 1150. The van der Waals surface area contributed by atoms with Gasteiger partial charge in [-0.25, -0.2) is 4.79 Å². The lowest BCUT2D eigenvalue weighted by atomic mass is 9.97. The molecule has 0 fully saturated rings. The number of rotatable bonds is 4. The number of carboxylic acid groups (broad SMARTS) is 1. The van der Waals surface area contributed by atoms with Gasteiger partial charge in [0.2, 0.25) is 0 Å². The van der Waals surface area contributed by atoms with Crippen molar-refractivity contribution in [3.05, 3.63) is 82.3 Å². The van der Waals surface area contributed by atoms with Crippen molar-refractivity contribution < 1.29 is 9.90 Å². The Morgan fingerprint density at radius 2 is 2.04 bits per heavy atom. The fourth-order valence-corrected chi connectivity index (χ4v) is 3.55. The molecule has 0 radical (unpaired) electrons. The SMILES string of the molecule is Cc1ccc(-c2cc(C(=O)O)c3c(Cc4ccccn4)[nH]nc3c2)c(Cl)c1. The first-order chi connectivity index (χ1) is 13.0. The molecule has 0 bridgehead atoms. The molecule has 0 unspecified atom stereocenters. The smallest absolute Gasteiger partial charge is 0.336 e. The van der Waals surface area contributed by atoms with Gasteiger partial charge in [-0.05, 0) is 48.4 Å². The molecule has 0 saturated heterocycles. The van der Waals surface area contributed by atoms with E-state index in [0.29, 0.717) is 22.3 Å². The van der Waals surface area contributed by atoms with Crippen molar-refractivity contribution in [3.63, 3.8) is 0 Å². The van der Waals surface area contributed by atoms with Gasteiger partial charge in [-0.1, -0.05) is 29.8 Å². The molecule has 134 valence electrons. The first kappa shape index (κ1) is 17.2. The number of aromatic amines is 1.